The molecule has 0 amide bonds. The molecule has 1 rings (SSSR count). The molecule has 0 heterocycles. The highest BCUT2D eigenvalue weighted by molar-refractivity contribution is 5.14. The van der Waals surface area contributed by atoms with Gasteiger partial charge >= 0.3 is 0 Å². The first-order valence-corrected chi connectivity index (χ1v) is 11.0. The third-order valence-electron chi connectivity index (χ3n) is 8.25. The zero-order chi connectivity index (χ0) is 19.6. The van der Waals surface area contributed by atoms with Crippen molar-refractivity contribution in [3.63, 3.8) is 0 Å². The monoisotopic (exact) mass is 348 g/mol. The molecule has 0 aromatic heterocycles. The fourth-order valence-corrected chi connectivity index (χ4v) is 4.85. The lowest BCUT2D eigenvalue weighted by Gasteiger charge is -2.47. The maximum absolute atomic E-state index is 4.64. The summed E-state index contributed by atoms with van der Waals surface area (Å²) in [5.74, 6) is 4.94. The average molecular weight is 349 g/mol. The van der Waals surface area contributed by atoms with E-state index >= 15 is 0 Å². The molecular weight excluding hydrogens is 300 g/mol. The molecule has 0 nitrogen and oxygen atoms in total. The van der Waals surface area contributed by atoms with E-state index in [0.717, 1.165) is 35.5 Å². The zero-order valence-corrected chi connectivity index (χ0v) is 19.2. The molecule has 1 fully saturated rings. The molecule has 1 aliphatic rings. The van der Waals surface area contributed by atoms with E-state index in [9.17, 15) is 0 Å². The van der Waals surface area contributed by atoms with Crippen LogP contribution in [0, 0.1) is 46.3 Å². The highest BCUT2D eigenvalue weighted by atomic mass is 14.5. The summed E-state index contributed by atoms with van der Waals surface area (Å²) >= 11 is 0. The number of allylic oxidation sites excluding steroid dienone is 1. The van der Waals surface area contributed by atoms with Crippen molar-refractivity contribution in [1.82, 2.24) is 0 Å². The SMILES string of the molecule is C=C(CC(C)C(C)C)C(C)(CC(C)C(C)C1CCC(C)C1)C(C)(C)C. The van der Waals surface area contributed by atoms with Crippen LogP contribution in [0.4, 0.5) is 0 Å². The lowest BCUT2D eigenvalue weighted by Crippen LogP contribution is -2.38. The fraction of sp³-hybridized carbons (Fsp3) is 0.920. The van der Waals surface area contributed by atoms with Gasteiger partial charge in [0.25, 0.3) is 0 Å². The van der Waals surface area contributed by atoms with Crippen LogP contribution in [-0.4, -0.2) is 0 Å². The largest absolute Gasteiger partial charge is 0.0993 e. The molecule has 0 aromatic rings. The molecule has 0 radical (unpaired) electrons. The molecule has 0 saturated heterocycles. The molecule has 1 saturated carbocycles. The molecule has 6 unspecified atom stereocenters. The van der Waals surface area contributed by atoms with Gasteiger partial charge in [-0.25, -0.2) is 0 Å². The fourth-order valence-electron chi connectivity index (χ4n) is 4.85. The Morgan fingerprint density at radius 3 is 1.92 bits per heavy atom. The molecule has 1 aliphatic carbocycles. The van der Waals surface area contributed by atoms with Crippen molar-refractivity contribution in [3.8, 4) is 0 Å². The predicted molar refractivity (Wildman–Crippen MR) is 115 cm³/mol. The molecule has 0 N–H and O–H groups in total. The summed E-state index contributed by atoms with van der Waals surface area (Å²) in [6.07, 6.45) is 6.80. The van der Waals surface area contributed by atoms with E-state index in [1.54, 1.807) is 0 Å². The van der Waals surface area contributed by atoms with Gasteiger partial charge in [0.2, 0.25) is 0 Å². The van der Waals surface area contributed by atoms with Crippen LogP contribution in [0.3, 0.4) is 0 Å². The summed E-state index contributed by atoms with van der Waals surface area (Å²) in [4.78, 5) is 0. The van der Waals surface area contributed by atoms with Crippen LogP contribution >= 0.6 is 0 Å². The second-order valence-electron chi connectivity index (χ2n) is 11.3. The maximum atomic E-state index is 4.64. The van der Waals surface area contributed by atoms with Crippen molar-refractivity contribution in [3.05, 3.63) is 12.2 Å². The molecular formula is C25H48. The zero-order valence-electron chi connectivity index (χ0n) is 19.2. The summed E-state index contributed by atoms with van der Waals surface area (Å²) in [7, 11) is 0. The molecule has 0 aromatic carbocycles. The summed E-state index contributed by atoms with van der Waals surface area (Å²) in [6, 6.07) is 0. The van der Waals surface area contributed by atoms with Crippen molar-refractivity contribution in [2.24, 2.45) is 46.3 Å². The van der Waals surface area contributed by atoms with Crippen LogP contribution < -0.4 is 0 Å². The predicted octanol–water partition coefficient (Wildman–Crippen LogP) is 8.38. The van der Waals surface area contributed by atoms with Crippen molar-refractivity contribution >= 4 is 0 Å². The first-order valence-electron chi connectivity index (χ1n) is 11.0. The van der Waals surface area contributed by atoms with Gasteiger partial charge < -0.3 is 0 Å². The van der Waals surface area contributed by atoms with Crippen LogP contribution in [0.25, 0.3) is 0 Å². The van der Waals surface area contributed by atoms with Crippen molar-refractivity contribution in [2.45, 2.75) is 101 Å². The topological polar surface area (TPSA) is 0 Å². The van der Waals surface area contributed by atoms with E-state index in [-0.39, 0.29) is 10.8 Å². The summed E-state index contributed by atoms with van der Waals surface area (Å²) < 4.78 is 0. The van der Waals surface area contributed by atoms with Gasteiger partial charge in [0, 0.05) is 0 Å². The minimum atomic E-state index is 0.216. The minimum absolute atomic E-state index is 0.216. The Hall–Kier alpha value is -0.260. The third-order valence-corrected chi connectivity index (χ3v) is 8.25. The van der Waals surface area contributed by atoms with Crippen molar-refractivity contribution in [1.29, 1.82) is 0 Å². The van der Waals surface area contributed by atoms with Gasteiger partial charge in [-0.2, -0.15) is 0 Å². The molecule has 0 bridgehead atoms. The van der Waals surface area contributed by atoms with Crippen molar-refractivity contribution in [2.75, 3.05) is 0 Å². The van der Waals surface area contributed by atoms with E-state index in [1.807, 2.05) is 0 Å². The summed E-state index contributed by atoms with van der Waals surface area (Å²) in [5, 5.41) is 0. The highest BCUT2D eigenvalue weighted by Crippen LogP contribution is 2.52. The van der Waals surface area contributed by atoms with Crippen LogP contribution in [0.5, 0.6) is 0 Å². The lowest BCUT2D eigenvalue weighted by atomic mass is 9.57. The summed E-state index contributed by atoms with van der Waals surface area (Å²) in [5.41, 5.74) is 1.96. The van der Waals surface area contributed by atoms with Gasteiger partial charge in [-0.15, -0.1) is 0 Å². The standard InChI is InChI=1S/C25H48/c1-17(2)19(4)15-21(6)25(11,24(8,9)10)16-20(5)22(7)23-13-12-18(3)14-23/h17-20,22-23H,6,12-16H2,1-5,7-11H3. The van der Waals surface area contributed by atoms with E-state index < -0.39 is 0 Å². The molecule has 6 atom stereocenters. The molecule has 148 valence electrons. The first-order chi connectivity index (χ1) is 11.3. The summed E-state index contributed by atoms with van der Waals surface area (Å²) in [6.45, 7) is 29.0. The number of hydrogen-bond acceptors (Lipinski definition) is 0. The van der Waals surface area contributed by atoms with E-state index in [4.69, 9.17) is 0 Å². The number of hydrogen-bond donors (Lipinski definition) is 0. The van der Waals surface area contributed by atoms with Gasteiger partial charge in [-0.3, -0.25) is 0 Å². The van der Waals surface area contributed by atoms with Crippen LogP contribution in [0.1, 0.15) is 101 Å². The Labute approximate surface area is 160 Å². The smallest absolute Gasteiger partial charge is 0.00678 e. The highest BCUT2D eigenvalue weighted by Gasteiger charge is 2.42. The molecule has 0 aliphatic heterocycles. The van der Waals surface area contributed by atoms with Gasteiger partial charge in [-0.05, 0) is 72.0 Å². The van der Waals surface area contributed by atoms with Crippen LogP contribution in [0.15, 0.2) is 12.2 Å². The molecule has 25 heavy (non-hydrogen) atoms. The van der Waals surface area contributed by atoms with Crippen LogP contribution in [-0.2, 0) is 0 Å². The Balaban J connectivity index is 2.89. The molecule has 0 heteroatoms. The minimum Gasteiger partial charge on any atom is -0.0993 e. The Morgan fingerprint density at radius 2 is 1.52 bits per heavy atom. The quantitative estimate of drug-likeness (QED) is 0.386. The van der Waals surface area contributed by atoms with E-state index in [0.29, 0.717) is 0 Å². The third kappa shape index (κ3) is 5.61. The Kier molecular flexibility index (Phi) is 7.85. The van der Waals surface area contributed by atoms with Crippen LogP contribution in [0.2, 0.25) is 0 Å². The average Bonchev–Trinajstić information content (AvgIpc) is 2.91. The van der Waals surface area contributed by atoms with Gasteiger partial charge in [0.15, 0.2) is 0 Å². The van der Waals surface area contributed by atoms with E-state index in [1.165, 1.54) is 37.7 Å². The van der Waals surface area contributed by atoms with Gasteiger partial charge in [0.1, 0.15) is 0 Å². The van der Waals surface area contributed by atoms with Crippen molar-refractivity contribution < 1.29 is 0 Å². The maximum Gasteiger partial charge on any atom is -0.00678 e. The first kappa shape index (κ1) is 22.8. The second-order valence-corrected chi connectivity index (χ2v) is 11.3. The normalized spacial score (nSPS) is 27.8. The Morgan fingerprint density at radius 1 is 0.960 bits per heavy atom. The van der Waals surface area contributed by atoms with Gasteiger partial charge in [0.05, 0.1) is 0 Å². The lowest BCUT2D eigenvalue weighted by molar-refractivity contribution is 0.0861. The van der Waals surface area contributed by atoms with Gasteiger partial charge in [-0.1, -0.05) is 87.8 Å². The second kappa shape index (κ2) is 8.62. The Bertz CT molecular complexity index is 424. The molecule has 0 spiro atoms. The van der Waals surface area contributed by atoms with E-state index in [2.05, 4.69) is 75.8 Å². The number of rotatable bonds is 8.